The van der Waals surface area contributed by atoms with Crippen LogP contribution in [0.25, 0.3) is 0 Å². The first-order chi connectivity index (χ1) is 14.0. The van der Waals surface area contributed by atoms with Crippen LogP contribution >= 0.6 is 23.2 Å². The van der Waals surface area contributed by atoms with Gasteiger partial charge in [0.2, 0.25) is 0 Å². The Morgan fingerprint density at radius 1 is 0.966 bits per heavy atom. The van der Waals surface area contributed by atoms with Gasteiger partial charge in [-0.1, -0.05) is 59.6 Å². The highest BCUT2D eigenvalue weighted by Gasteiger charge is 2.26. The highest BCUT2D eigenvalue weighted by atomic mass is 35.5. The molecule has 0 fully saturated rings. The second-order valence-electron chi connectivity index (χ2n) is 6.56. The van der Waals surface area contributed by atoms with Crippen LogP contribution in [0.4, 0.5) is 11.4 Å². The number of rotatable bonds is 3. The molecule has 1 aliphatic heterocycles. The topological polar surface area (TPSA) is 59.5 Å². The summed E-state index contributed by atoms with van der Waals surface area (Å²) >= 11 is 11.7. The molecule has 0 radical (unpaired) electrons. The Morgan fingerprint density at radius 2 is 1.55 bits per heavy atom. The average molecular weight is 427 g/mol. The summed E-state index contributed by atoms with van der Waals surface area (Å²) in [4.78, 5) is 30.9. The van der Waals surface area contributed by atoms with Gasteiger partial charge in [0, 0.05) is 6.20 Å². The Labute approximate surface area is 177 Å². The summed E-state index contributed by atoms with van der Waals surface area (Å²) in [7, 11) is 0. The van der Waals surface area contributed by atoms with Crippen molar-refractivity contribution in [3.63, 3.8) is 0 Å². The standard InChI is InChI=1S/C22H16Cl2N2O3/c23-17-11-16(12-25-21(17)24)22(28)29-13-20(27)26-18-7-3-1-5-14(18)9-10-15-6-2-4-8-19(15)26/h1-8,11-12H,9-10,13H2. The molecule has 0 saturated heterocycles. The molecule has 0 saturated carbocycles. The van der Waals surface area contributed by atoms with E-state index in [-0.39, 0.29) is 21.6 Å². The molecule has 4 rings (SSSR count). The zero-order valence-corrected chi connectivity index (χ0v) is 16.8. The first kappa shape index (κ1) is 19.4. The number of esters is 1. The van der Waals surface area contributed by atoms with Crippen molar-refractivity contribution < 1.29 is 14.3 Å². The zero-order valence-electron chi connectivity index (χ0n) is 15.3. The normalized spacial score (nSPS) is 12.6. The largest absolute Gasteiger partial charge is 0.452 e. The maximum atomic E-state index is 13.1. The number of benzene rings is 2. The molecule has 5 nitrogen and oxygen atoms in total. The number of halogens is 2. The van der Waals surface area contributed by atoms with Crippen LogP contribution in [0.1, 0.15) is 21.5 Å². The summed E-state index contributed by atoms with van der Waals surface area (Å²) < 4.78 is 5.24. The molecular weight excluding hydrogens is 411 g/mol. The molecule has 0 spiro atoms. The molecule has 1 aromatic heterocycles. The quantitative estimate of drug-likeness (QED) is 0.436. The van der Waals surface area contributed by atoms with E-state index in [1.165, 1.54) is 12.3 Å². The first-order valence-electron chi connectivity index (χ1n) is 9.01. The molecule has 0 atom stereocenters. The van der Waals surface area contributed by atoms with E-state index in [9.17, 15) is 9.59 Å². The second kappa shape index (κ2) is 8.23. The first-order valence-corrected chi connectivity index (χ1v) is 9.77. The summed E-state index contributed by atoms with van der Waals surface area (Å²) in [5.74, 6) is -1.03. The molecule has 3 aromatic rings. The number of nitrogens with zero attached hydrogens (tertiary/aromatic N) is 2. The van der Waals surface area contributed by atoms with Crippen molar-refractivity contribution >= 4 is 46.5 Å². The van der Waals surface area contributed by atoms with Gasteiger partial charge in [-0.2, -0.15) is 0 Å². The minimum Gasteiger partial charge on any atom is -0.452 e. The third-order valence-electron chi connectivity index (χ3n) is 4.74. The van der Waals surface area contributed by atoms with Gasteiger partial charge >= 0.3 is 5.97 Å². The number of amides is 1. The predicted octanol–water partition coefficient (Wildman–Crippen LogP) is 5.01. The number of fused-ring (bicyclic) bond motifs is 2. The maximum absolute atomic E-state index is 13.1. The van der Waals surface area contributed by atoms with Crippen LogP contribution in [0.3, 0.4) is 0 Å². The molecular formula is C22H16Cl2N2O3. The number of carbonyl (C=O) groups is 2. The Hall–Kier alpha value is -2.89. The SMILES string of the molecule is O=C(OCC(=O)N1c2ccccc2CCc2ccccc21)c1cnc(Cl)c(Cl)c1. The second-order valence-corrected chi connectivity index (χ2v) is 7.32. The fourth-order valence-electron chi connectivity index (χ4n) is 3.36. The van der Waals surface area contributed by atoms with Crippen molar-refractivity contribution in [2.45, 2.75) is 12.8 Å². The number of anilines is 2. The van der Waals surface area contributed by atoms with Crippen LogP contribution in [-0.4, -0.2) is 23.5 Å². The van der Waals surface area contributed by atoms with Gasteiger partial charge in [0.15, 0.2) is 6.61 Å². The van der Waals surface area contributed by atoms with Gasteiger partial charge in [0.05, 0.1) is 22.0 Å². The van der Waals surface area contributed by atoms with Gasteiger partial charge in [-0.25, -0.2) is 9.78 Å². The fraction of sp³-hybridized carbons (Fsp3) is 0.136. The lowest BCUT2D eigenvalue weighted by Crippen LogP contribution is -2.31. The van der Waals surface area contributed by atoms with Crippen molar-refractivity contribution in [3.8, 4) is 0 Å². The van der Waals surface area contributed by atoms with Crippen LogP contribution in [0.15, 0.2) is 60.8 Å². The van der Waals surface area contributed by atoms with E-state index >= 15 is 0 Å². The highest BCUT2D eigenvalue weighted by Crippen LogP contribution is 2.36. The number of pyridine rings is 1. The molecule has 1 aliphatic rings. The van der Waals surface area contributed by atoms with Crippen molar-refractivity contribution in [2.75, 3.05) is 11.5 Å². The fourth-order valence-corrected chi connectivity index (χ4v) is 3.63. The maximum Gasteiger partial charge on any atom is 0.340 e. The molecule has 0 bridgehead atoms. The summed E-state index contributed by atoms with van der Waals surface area (Å²) in [6.07, 6.45) is 2.91. The number of aromatic nitrogens is 1. The Balaban J connectivity index is 1.59. The lowest BCUT2D eigenvalue weighted by molar-refractivity contribution is -0.120. The van der Waals surface area contributed by atoms with E-state index in [2.05, 4.69) is 4.98 Å². The number of para-hydroxylation sites is 2. The van der Waals surface area contributed by atoms with E-state index in [0.717, 1.165) is 35.3 Å². The molecule has 2 aromatic carbocycles. The van der Waals surface area contributed by atoms with E-state index in [1.54, 1.807) is 4.90 Å². The summed E-state index contributed by atoms with van der Waals surface area (Å²) in [6.45, 7) is -0.415. The lowest BCUT2D eigenvalue weighted by Gasteiger charge is -2.24. The van der Waals surface area contributed by atoms with Gasteiger partial charge < -0.3 is 4.74 Å². The lowest BCUT2D eigenvalue weighted by atomic mass is 10.0. The smallest absolute Gasteiger partial charge is 0.340 e. The molecule has 0 unspecified atom stereocenters. The molecule has 1 amide bonds. The minimum absolute atomic E-state index is 0.0945. The van der Waals surface area contributed by atoms with Crippen molar-refractivity contribution in [3.05, 3.63) is 87.7 Å². The van der Waals surface area contributed by atoms with Crippen LogP contribution < -0.4 is 4.90 Å². The molecule has 29 heavy (non-hydrogen) atoms. The summed E-state index contributed by atoms with van der Waals surface area (Å²) in [5, 5.41) is 0.236. The van der Waals surface area contributed by atoms with Crippen LogP contribution in [0.5, 0.6) is 0 Å². The van der Waals surface area contributed by atoms with Crippen molar-refractivity contribution in [2.24, 2.45) is 0 Å². The number of ether oxygens (including phenoxy) is 1. The highest BCUT2D eigenvalue weighted by molar-refractivity contribution is 6.41. The molecule has 146 valence electrons. The molecule has 2 heterocycles. The number of carbonyl (C=O) groups excluding carboxylic acids is 2. The van der Waals surface area contributed by atoms with Crippen LogP contribution in [0, 0.1) is 0 Å². The monoisotopic (exact) mass is 426 g/mol. The van der Waals surface area contributed by atoms with Gasteiger partial charge in [0.1, 0.15) is 5.15 Å². The minimum atomic E-state index is -0.694. The van der Waals surface area contributed by atoms with E-state index in [0.29, 0.717) is 0 Å². The summed E-state index contributed by atoms with van der Waals surface area (Å²) in [5.41, 5.74) is 3.86. The van der Waals surface area contributed by atoms with Crippen molar-refractivity contribution in [1.82, 2.24) is 4.98 Å². The molecule has 7 heteroatoms. The predicted molar refractivity (Wildman–Crippen MR) is 112 cm³/mol. The van der Waals surface area contributed by atoms with Gasteiger partial charge in [-0.15, -0.1) is 0 Å². The molecule has 0 aliphatic carbocycles. The average Bonchev–Trinajstić information content (AvgIpc) is 2.90. The molecule has 0 N–H and O–H groups in total. The van der Waals surface area contributed by atoms with Gasteiger partial charge in [-0.3, -0.25) is 9.69 Å². The zero-order chi connectivity index (χ0) is 20.4. The third-order valence-corrected chi connectivity index (χ3v) is 5.42. The Bertz CT molecular complexity index is 1050. The van der Waals surface area contributed by atoms with E-state index < -0.39 is 12.6 Å². The van der Waals surface area contributed by atoms with Crippen LogP contribution in [-0.2, 0) is 22.4 Å². The Morgan fingerprint density at radius 3 is 2.14 bits per heavy atom. The summed E-state index contributed by atoms with van der Waals surface area (Å²) in [6, 6.07) is 16.9. The number of aryl methyl sites for hydroxylation is 2. The van der Waals surface area contributed by atoms with Gasteiger partial charge in [-0.05, 0) is 42.2 Å². The van der Waals surface area contributed by atoms with Gasteiger partial charge in [0.25, 0.3) is 5.91 Å². The number of hydrogen-bond donors (Lipinski definition) is 0. The van der Waals surface area contributed by atoms with E-state index in [4.69, 9.17) is 27.9 Å². The van der Waals surface area contributed by atoms with Crippen molar-refractivity contribution in [1.29, 1.82) is 0 Å². The third kappa shape index (κ3) is 3.97. The Kier molecular flexibility index (Phi) is 5.51. The van der Waals surface area contributed by atoms with E-state index in [1.807, 2.05) is 48.5 Å². The number of hydrogen-bond acceptors (Lipinski definition) is 4. The van der Waals surface area contributed by atoms with Crippen LogP contribution in [0.2, 0.25) is 10.2 Å².